The van der Waals surface area contributed by atoms with E-state index in [1.54, 1.807) is 0 Å². The normalized spacial score (nSPS) is 17.0. The van der Waals surface area contributed by atoms with Gasteiger partial charge < -0.3 is 20.0 Å². The minimum absolute atomic E-state index is 0.0147. The highest BCUT2D eigenvalue weighted by atomic mass is 16.4. The molecule has 0 spiro atoms. The monoisotopic (exact) mass is 281 g/mol. The Morgan fingerprint density at radius 3 is 2.80 bits per heavy atom. The van der Waals surface area contributed by atoms with Crippen LogP contribution in [-0.4, -0.2) is 47.2 Å². The minimum atomic E-state index is 0.0147. The molecule has 0 aliphatic carbocycles. The SMILES string of the molecule is CCNC(C)c1nnc(NCC(=O)N2CCCCC2)o1. The smallest absolute Gasteiger partial charge is 0.315 e. The average molecular weight is 281 g/mol. The van der Waals surface area contributed by atoms with Crippen LogP contribution in [0.3, 0.4) is 0 Å². The van der Waals surface area contributed by atoms with Crippen LogP contribution in [0, 0.1) is 0 Å². The van der Waals surface area contributed by atoms with E-state index in [0.29, 0.717) is 11.9 Å². The molecule has 2 N–H and O–H groups in total. The first-order valence-electron chi connectivity index (χ1n) is 7.29. The van der Waals surface area contributed by atoms with Gasteiger partial charge in [0.05, 0.1) is 12.6 Å². The molecule has 1 aliphatic rings. The van der Waals surface area contributed by atoms with Gasteiger partial charge in [0.15, 0.2) is 0 Å². The number of nitrogens with zero attached hydrogens (tertiary/aromatic N) is 3. The second-order valence-electron chi connectivity index (χ2n) is 5.02. The average Bonchev–Trinajstić information content (AvgIpc) is 2.95. The number of nitrogens with one attached hydrogen (secondary N) is 2. The summed E-state index contributed by atoms with van der Waals surface area (Å²) in [6, 6.07) is 0.316. The Bertz CT molecular complexity index is 428. The first-order chi connectivity index (χ1) is 9.70. The van der Waals surface area contributed by atoms with Gasteiger partial charge in [-0.2, -0.15) is 0 Å². The lowest BCUT2D eigenvalue weighted by atomic mass is 10.1. The number of carbonyl (C=O) groups is 1. The van der Waals surface area contributed by atoms with Crippen molar-refractivity contribution >= 4 is 11.9 Å². The number of carbonyl (C=O) groups excluding carboxylic acids is 1. The van der Waals surface area contributed by atoms with Gasteiger partial charge in [-0.15, -0.1) is 5.10 Å². The third-order valence-corrected chi connectivity index (χ3v) is 3.42. The van der Waals surface area contributed by atoms with Gasteiger partial charge in [0.25, 0.3) is 0 Å². The molecule has 1 unspecified atom stereocenters. The van der Waals surface area contributed by atoms with Crippen LogP contribution in [0.2, 0.25) is 0 Å². The Morgan fingerprint density at radius 2 is 2.10 bits per heavy atom. The van der Waals surface area contributed by atoms with Crippen LogP contribution in [0.25, 0.3) is 0 Å². The van der Waals surface area contributed by atoms with Gasteiger partial charge in [-0.3, -0.25) is 4.79 Å². The molecule has 0 radical (unpaired) electrons. The standard InChI is InChI=1S/C13H23N5O2/c1-3-14-10(2)12-16-17-13(20-12)15-9-11(19)18-7-5-4-6-8-18/h10,14H,3-9H2,1-2H3,(H,15,17). The molecule has 1 amide bonds. The molecule has 0 aromatic carbocycles. The Labute approximate surface area is 119 Å². The zero-order valence-corrected chi connectivity index (χ0v) is 12.2. The van der Waals surface area contributed by atoms with Crippen molar-refractivity contribution in [3.63, 3.8) is 0 Å². The molecule has 20 heavy (non-hydrogen) atoms. The maximum absolute atomic E-state index is 12.0. The molecule has 1 aromatic heterocycles. The second kappa shape index (κ2) is 7.23. The molecule has 112 valence electrons. The van der Waals surface area contributed by atoms with Crippen LogP contribution in [0.15, 0.2) is 4.42 Å². The number of anilines is 1. The lowest BCUT2D eigenvalue weighted by Crippen LogP contribution is -2.39. The summed E-state index contributed by atoms with van der Waals surface area (Å²) in [5.74, 6) is 0.615. The summed E-state index contributed by atoms with van der Waals surface area (Å²) in [6.45, 7) is 6.72. The van der Waals surface area contributed by atoms with Crippen molar-refractivity contribution in [2.75, 3.05) is 31.5 Å². The molecule has 1 fully saturated rings. The maximum Gasteiger partial charge on any atom is 0.315 e. The highest BCUT2D eigenvalue weighted by Crippen LogP contribution is 2.13. The molecule has 1 saturated heterocycles. The Hall–Kier alpha value is -1.63. The van der Waals surface area contributed by atoms with Gasteiger partial charge in [0, 0.05) is 13.1 Å². The van der Waals surface area contributed by atoms with E-state index in [2.05, 4.69) is 20.8 Å². The number of amides is 1. The third kappa shape index (κ3) is 3.93. The van der Waals surface area contributed by atoms with Crippen molar-refractivity contribution < 1.29 is 9.21 Å². The number of hydrogen-bond acceptors (Lipinski definition) is 6. The van der Waals surface area contributed by atoms with Gasteiger partial charge in [-0.05, 0) is 32.7 Å². The lowest BCUT2D eigenvalue weighted by molar-refractivity contribution is -0.130. The van der Waals surface area contributed by atoms with Gasteiger partial charge in [0.1, 0.15) is 0 Å². The van der Waals surface area contributed by atoms with Gasteiger partial charge in [0.2, 0.25) is 11.8 Å². The largest absolute Gasteiger partial charge is 0.406 e. The Balaban J connectivity index is 1.80. The molecule has 1 atom stereocenters. The third-order valence-electron chi connectivity index (χ3n) is 3.42. The summed E-state index contributed by atoms with van der Waals surface area (Å²) in [7, 11) is 0. The number of likely N-dealkylation sites (tertiary alicyclic amines) is 1. The number of hydrogen-bond donors (Lipinski definition) is 2. The van der Waals surface area contributed by atoms with Crippen LogP contribution >= 0.6 is 0 Å². The zero-order valence-electron chi connectivity index (χ0n) is 12.2. The van der Waals surface area contributed by atoms with E-state index in [9.17, 15) is 4.79 Å². The van der Waals surface area contributed by atoms with E-state index in [1.807, 2.05) is 18.7 Å². The van der Waals surface area contributed by atoms with Crippen molar-refractivity contribution in [3.8, 4) is 0 Å². The van der Waals surface area contributed by atoms with Crippen molar-refractivity contribution in [1.29, 1.82) is 0 Å². The van der Waals surface area contributed by atoms with Crippen LogP contribution in [-0.2, 0) is 4.79 Å². The first-order valence-corrected chi connectivity index (χ1v) is 7.29. The number of rotatable bonds is 6. The highest BCUT2D eigenvalue weighted by molar-refractivity contribution is 5.80. The van der Waals surface area contributed by atoms with Crippen molar-refractivity contribution in [2.45, 2.75) is 39.2 Å². The molecule has 2 rings (SSSR count). The summed E-state index contributed by atoms with van der Waals surface area (Å²) < 4.78 is 5.47. The molecule has 1 aliphatic heterocycles. The van der Waals surface area contributed by atoms with Gasteiger partial charge in [-0.25, -0.2) is 0 Å². The van der Waals surface area contributed by atoms with E-state index >= 15 is 0 Å². The van der Waals surface area contributed by atoms with Crippen LogP contribution in [0.5, 0.6) is 0 Å². The van der Waals surface area contributed by atoms with E-state index in [4.69, 9.17) is 4.42 Å². The Kier molecular flexibility index (Phi) is 5.34. The number of piperidine rings is 1. The summed E-state index contributed by atoms with van der Waals surface area (Å²) in [5.41, 5.74) is 0. The predicted octanol–water partition coefficient (Wildman–Crippen LogP) is 1.16. The summed E-state index contributed by atoms with van der Waals surface area (Å²) in [4.78, 5) is 13.9. The van der Waals surface area contributed by atoms with Crippen molar-refractivity contribution in [2.24, 2.45) is 0 Å². The van der Waals surface area contributed by atoms with Crippen molar-refractivity contribution in [3.05, 3.63) is 5.89 Å². The quantitative estimate of drug-likeness (QED) is 0.814. The molecular weight excluding hydrogens is 258 g/mol. The fourth-order valence-electron chi connectivity index (χ4n) is 2.28. The molecule has 0 bridgehead atoms. The summed E-state index contributed by atoms with van der Waals surface area (Å²) in [6.07, 6.45) is 3.40. The molecule has 7 heteroatoms. The van der Waals surface area contributed by atoms with E-state index < -0.39 is 0 Å². The van der Waals surface area contributed by atoms with Gasteiger partial charge >= 0.3 is 6.01 Å². The van der Waals surface area contributed by atoms with Crippen LogP contribution in [0.4, 0.5) is 6.01 Å². The van der Waals surface area contributed by atoms with E-state index in [1.165, 1.54) is 6.42 Å². The minimum Gasteiger partial charge on any atom is -0.406 e. The first kappa shape index (κ1) is 14.8. The van der Waals surface area contributed by atoms with Crippen molar-refractivity contribution in [1.82, 2.24) is 20.4 Å². The van der Waals surface area contributed by atoms with E-state index in [-0.39, 0.29) is 18.5 Å². The molecule has 2 heterocycles. The fraction of sp³-hybridized carbons (Fsp3) is 0.769. The number of aromatic nitrogens is 2. The fourth-order valence-corrected chi connectivity index (χ4v) is 2.28. The summed E-state index contributed by atoms with van der Waals surface area (Å²) in [5, 5.41) is 13.9. The molecule has 0 saturated carbocycles. The Morgan fingerprint density at radius 1 is 1.35 bits per heavy atom. The molecule has 1 aromatic rings. The molecule has 7 nitrogen and oxygen atoms in total. The summed E-state index contributed by atoms with van der Waals surface area (Å²) >= 11 is 0. The van der Waals surface area contributed by atoms with Crippen LogP contribution < -0.4 is 10.6 Å². The van der Waals surface area contributed by atoms with E-state index in [0.717, 1.165) is 32.5 Å². The zero-order chi connectivity index (χ0) is 14.4. The second-order valence-corrected chi connectivity index (χ2v) is 5.02. The lowest BCUT2D eigenvalue weighted by Gasteiger charge is -2.26. The highest BCUT2D eigenvalue weighted by Gasteiger charge is 2.17. The topological polar surface area (TPSA) is 83.3 Å². The van der Waals surface area contributed by atoms with Gasteiger partial charge in [-0.1, -0.05) is 12.0 Å². The molecular formula is C13H23N5O2. The van der Waals surface area contributed by atoms with Crippen LogP contribution in [0.1, 0.15) is 45.0 Å². The maximum atomic E-state index is 12.0. The predicted molar refractivity (Wildman–Crippen MR) is 75.3 cm³/mol.